The highest BCUT2D eigenvalue weighted by Crippen LogP contribution is 2.20. The molecule has 1 aliphatic rings. The Balaban J connectivity index is 1.84. The van der Waals surface area contributed by atoms with E-state index in [-0.39, 0.29) is 12.1 Å². The molecule has 5 heteroatoms. The highest BCUT2D eigenvalue weighted by molar-refractivity contribution is 5.72. The Kier molecular flexibility index (Phi) is 5.44. The third kappa shape index (κ3) is 4.36. The molecule has 116 valence electrons. The second kappa shape index (κ2) is 7.31. The van der Waals surface area contributed by atoms with Crippen LogP contribution in [-0.4, -0.2) is 36.7 Å². The predicted molar refractivity (Wildman–Crippen MR) is 83.3 cm³/mol. The van der Waals surface area contributed by atoms with E-state index < -0.39 is 0 Å². The van der Waals surface area contributed by atoms with Crippen LogP contribution in [0.25, 0.3) is 0 Å². The minimum absolute atomic E-state index is 0.283. The van der Waals surface area contributed by atoms with Crippen LogP contribution in [0.3, 0.4) is 0 Å². The largest absolute Gasteiger partial charge is 0.494 e. The number of likely N-dealkylation sites (tertiary alicyclic amines) is 1. The number of hydrogen-bond acceptors (Lipinski definition) is 3. The molecule has 3 N–H and O–H groups in total. The summed E-state index contributed by atoms with van der Waals surface area (Å²) in [4.78, 5) is 12.8. The average Bonchev–Trinajstić information content (AvgIpc) is 2.49. The Bertz CT molecular complexity index is 453. The number of urea groups is 1. The molecule has 1 unspecified atom stereocenters. The number of hydrogen-bond donors (Lipinski definition) is 2. The van der Waals surface area contributed by atoms with E-state index in [2.05, 4.69) is 24.4 Å². The maximum Gasteiger partial charge on any atom is 0.314 e. The van der Waals surface area contributed by atoms with Crippen LogP contribution in [0.15, 0.2) is 24.3 Å². The highest BCUT2D eigenvalue weighted by Gasteiger charge is 2.22. The minimum Gasteiger partial charge on any atom is -0.494 e. The van der Waals surface area contributed by atoms with Crippen molar-refractivity contribution in [2.45, 2.75) is 38.8 Å². The first-order valence-electron chi connectivity index (χ1n) is 7.63. The average molecular weight is 291 g/mol. The van der Waals surface area contributed by atoms with Gasteiger partial charge in [0, 0.05) is 25.2 Å². The highest BCUT2D eigenvalue weighted by atomic mass is 16.5. The minimum atomic E-state index is -0.312. The van der Waals surface area contributed by atoms with Crippen LogP contribution in [0.2, 0.25) is 0 Å². The van der Waals surface area contributed by atoms with Crippen LogP contribution in [-0.2, 0) is 0 Å². The lowest BCUT2D eigenvalue weighted by Crippen LogP contribution is -2.47. The predicted octanol–water partition coefficient (Wildman–Crippen LogP) is 2.28. The van der Waals surface area contributed by atoms with Gasteiger partial charge in [-0.2, -0.15) is 0 Å². The van der Waals surface area contributed by atoms with Crippen LogP contribution in [0.5, 0.6) is 5.75 Å². The summed E-state index contributed by atoms with van der Waals surface area (Å²) in [5.41, 5.74) is 6.54. The monoisotopic (exact) mass is 291 g/mol. The lowest BCUT2D eigenvalue weighted by atomic mass is 10.0. The number of carbonyl (C=O) groups excluding carboxylic acids is 1. The van der Waals surface area contributed by atoms with Crippen molar-refractivity contribution < 1.29 is 9.53 Å². The number of nitrogens with zero attached hydrogens (tertiary/aromatic N) is 1. The summed E-state index contributed by atoms with van der Waals surface area (Å²) in [5.74, 6) is 0.906. The third-order valence-corrected chi connectivity index (χ3v) is 3.98. The molecule has 0 aliphatic carbocycles. The summed E-state index contributed by atoms with van der Waals surface area (Å²) < 4.78 is 5.46. The summed E-state index contributed by atoms with van der Waals surface area (Å²) in [5, 5.41) is 3.63. The molecule has 0 spiro atoms. The van der Waals surface area contributed by atoms with E-state index in [0.717, 1.165) is 31.7 Å². The second-order valence-electron chi connectivity index (χ2n) is 5.49. The van der Waals surface area contributed by atoms with E-state index in [1.807, 2.05) is 19.1 Å². The molecule has 0 bridgehead atoms. The van der Waals surface area contributed by atoms with Gasteiger partial charge < -0.3 is 20.7 Å². The molecule has 1 aliphatic heterocycles. The summed E-state index contributed by atoms with van der Waals surface area (Å²) in [7, 11) is 0. The number of benzene rings is 1. The van der Waals surface area contributed by atoms with Gasteiger partial charge in [-0.05, 0) is 44.4 Å². The molecule has 0 radical (unpaired) electrons. The number of ether oxygens (including phenoxy) is 1. The van der Waals surface area contributed by atoms with E-state index >= 15 is 0 Å². The number of primary amides is 1. The van der Waals surface area contributed by atoms with Crippen molar-refractivity contribution in [2.75, 3.05) is 19.7 Å². The van der Waals surface area contributed by atoms with Gasteiger partial charge in [0.1, 0.15) is 5.75 Å². The van der Waals surface area contributed by atoms with Gasteiger partial charge in [0.25, 0.3) is 0 Å². The molecular formula is C16H25N3O2. The quantitative estimate of drug-likeness (QED) is 0.874. The van der Waals surface area contributed by atoms with Gasteiger partial charge in [0.15, 0.2) is 0 Å². The van der Waals surface area contributed by atoms with Crippen LogP contribution in [0.4, 0.5) is 4.79 Å². The molecule has 1 saturated heterocycles. The van der Waals surface area contributed by atoms with Crippen molar-refractivity contribution in [3.8, 4) is 5.75 Å². The normalized spacial score (nSPS) is 17.5. The molecule has 0 saturated carbocycles. The van der Waals surface area contributed by atoms with Crippen molar-refractivity contribution in [2.24, 2.45) is 5.73 Å². The van der Waals surface area contributed by atoms with Crippen LogP contribution in [0.1, 0.15) is 38.3 Å². The van der Waals surface area contributed by atoms with Gasteiger partial charge in [-0.15, -0.1) is 0 Å². The maximum atomic E-state index is 11.1. The van der Waals surface area contributed by atoms with Crippen molar-refractivity contribution in [1.82, 2.24) is 10.2 Å². The number of piperidine rings is 1. The summed E-state index contributed by atoms with van der Waals surface area (Å²) in [6.07, 6.45) is 1.90. The first-order valence-corrected chi connectivity index (χ1v) is 7.63. The molecule has 21 heavy (non-hydrogen) atoms. The Morgan fingerprint density at radius 1 is 1.38 bits per heavy atom. The third-order valence-electron chi connectivity index (χ3n) is 3.98. The molecule has 1 aromatic carbocycles. The molecule has 1 fully saturated rings. The molecule has 2 amide bonds. The van der Waals surface area contributed by atoms with Crippen molar-refractivity contribution in [3.63, 3.8) is 0 Å². The standard InChI is InChI=1S/C16H25N3O2/c1-3-21-15-6-4-13(5-7-15)12(2)18-14-8-10-19(11-9-14)16(17)20/h4-7,12,14,18H,3,8-11H2,1-2H3,(H2,17,20). The van der Waals surface area contributed by atoms with E-state index in [1.165, 1.54) is 5.56 Å². The van der Waals surface area contributed by atoms with Crippen LogP contribution >= 0.6 is 0 Å². The first kappa shape index (κ1) is 15.6. The van der Waals surface area contributed by atoms with Gasteiger partial charge in [-0.3, -0.25) is 0 Å². The van der Waals surface area contributed by atoms with E-state index in [0.29, 0.717) is 12.6 Å². The zero-order valence-electron chi connectivity index (χ0n) is 12.8. The molecule has 0 aromatic heterocycles. The second-order valence-corrected chi connectivity index (χ2v) is 5.49. The summed E-state index contributed by atoms with van der Waals surface area (Å²) in [6, 6.07) is 8.61. The van der Waals surface area contributed by atoms with Gasteiger partial charge in [-0.1, -0.05) is 12.1 Å². The Morgan fingerprint density at radius 2 is 2.00 bits per heavy atom. The zero-order chi connectivity index (χ0) is 15.2. The molecule has 5 nitrogen and oxygen atoms in total. The van der Waals surface area contributed by atoms with Crippen LogP contribution in [0, 0.1) is 0 Å². The smallest absolute Gasteiger partial charge is 0.314 e. The van der Waals surface area contributed by atoms with Gasteiger partial charge >= 0.3 is 6.03 Å². The summed E-state index contributed by atoms with van der Waals surface area (Å²) in [6.45, 7) is 6.31. The number of amides is 2. The molecular weight excluding hydrogens is 266 g/mol. The Morgan fingerprint density at radius 3 is 2.52 bits per heavy atom. The number of rotatable bonds is 5. The van der Waals surface area contributed by atoms with Gasteiger partial charge in [-0.25, -0.2) is 4.79 Å². The summed E-state index contributed by atoms with van der Waals surface area (Å²) >= 11 is 0. The van der Waals surface area contributed by atoms with Crippen molar-refractivity contribution in [1.29, 1.82) is 0 Å². The van der Waals surface area contributed by atoms with Crippen molar-refractivity contribution in [3.05, 3.63) is 29.8 Å². The molecule has 1 atom stereocenters. The molecule has 1 heterocycles. The van der Waals surface area contributed by atoms with Gasteiger partial charge in [0.05, 0.1) is 6.61 Å². The first-order chi connectivity index (χ1) is 10.1. The number of nitrogens with one attached hydrogen (secondary N) is 1. The van der Waals surface area contributed by atoms with E-state index in [4.69, 9.17) is 10.5 Å². The van der Waals surface area contributed by atoms with Crippen LogP contribution < -0.4 is 15.8 Å². The fourth-order valence-corrected chi connectivity index (χ4v) is 2.74. The SMILES string of the molecule is CCOc1ccc(C(C)NC2CCN(C(N)=O)CC2)cc1. The Labute approximate surface area is 126 Å². The van der Waals surface area contributed by atoms with Gasteiger partial charge in [0.2, 0.25) is 0 Å². The topological polar surface area (TPSA) is 67.6 Å². The molecule has 1 aromatic rings. The van der Waals surface area contributed by atoms with E-state index in [9.17, 15) is 4.79 Å². The number of carbonyl (C=O) groups is 1. The number of nitrogens with two attached hydrogens (primary N) is 1. The maximum absolute atomic E-state index is 11.1. The fourth-order valence-electron chi connectivity index (χ4n) is 2.74. The van der Waals surface area contributed by atoms with Crippen molar-refractivity contribution >= 4 is 6.03 Å². The lowest BCUT2D eigenvalue weighted by molar-refractivity contribution is 0.183. The zero-order valence-corrected chi connectivity index (χ0v) is 12.8. The molecule has 2 rings (SSSR count). The van der Waals surface area contributed by atoms with E-state index in [1.54, 1.807) is 4.90 Å². The lowest BCUT2D eigenvalue weighted by Gasteiger charge is -2.33. The fraction of sp³-hybridized carbons (Fsp3) is 0.562. The Hall–Kier alpha value is -1.75.